The van der Waals surface area contributed by atoms with Crippen molar-refractivity contribution in [2.24, 2.45) is 0 Å². The number of aromatic nitrogens is 1. The molecule has 7 aromatic rings. The SMILES string of the molecule is C1=CC(c2cc(-c3ccc4c(c3)c3ccccc3n4-c3ccccc3)cc3c2C(Nc2ccccc2)Cc2ccccc2-3)C=C1. The second-order valence-electron chi connectivity index (χ2n) is 12.2. The fourth-order valence-electron chi connectivity index (χ4n) is 7.52. The van der Waals surface area contributed by atoms with Gasteiger partial charge in [0.2, 0.25) is 0 Å². The molecule has 0 saturated heterocycles. The van der Waals surface area contributed by atoms with Gasteiger partial charge in [-0.25, -0.2) is 0 Å². The minimum atomic E-state index is 0.176. The maximum Gasteiger partial charge on any atom is 0.0563 e. The van der Waals surface area contributed by atoms with E-state index in [1.54, 1.807) is 0 Å². The predicted octanol–water partition coefficient (Wildman–Crippen LogP) is 11.0. The highest BCUT2D eigenvalue weighted by Crippen LogP contribution is 2.47. The molecule has 1 N–H and O–H groups in total. The second-order valence-corrected chi connectivity index (χ2v) is 12.2. The first kappa shape index (κ1) is 25.9. The topological polar surface area (TPSA) is 17.0 Å². The maximum atomic E-state index is 3.91. The molecular weight excluding hydrogens is 544 g/mol. The Morgan fingerprint density at radius 2 is 1.27 bits per heavy atom. The van der Waals surface area contributed by atoms with E-state index in [1.807, 2.05) is 0 Å². The Morgan fingerprint density at radius 3 is 2.11 bits per heavy atom. The van der Waals surface area contributed by atoms with Crippen molar-refractivity contribution >= 4 is 27.5 Å². The number of nitrogens with zero attached hydrogens (tertiary/aromatic N) is 1. The minimum Gasteiger partial charge on any atom is -0.378 e. The number of para-hydroxylation sites is 3. The molecule has 1 aromatic heterocycles. The molecule has 0 spiro atoms. The van der Waals surface area contributed by atoms with Gasteiger partial charge in [-0.2, -0.15) is 0 Å². The van der Waals surface area contributed by atoms with E-state index in [9.17, 15) is 0 Å². The number of allylic oxidation sites excluding steroid dienone is 4. The van der Waals surface area contributed by atoms with E-state index in [-0.39, 0.29) is 12.0 Å². The molecule has 0 bridgehead atoms. The zero-order chi connectivity index (χ0) is 29.7. The molecule has 2 heteroatoms. The van der Waals surface area contributed by atoms with Crippen LogP contribution >= 0.6 is 0 Å². The molecule has 0 radical (unpaired) electrons. The van der Waals surface area contributed by atoms with E-state index >= 15 is 0 Å². The molecule has 0 saturated carbocycles. The van der Waals surface area contributed by atoms with Crippen LogP contribution in [-0.4, -0.2) is 4.57 Å². The number of benzene rings is 6. The molecular formula is C43H32N2. The summed E-state index contributed by atoms with van der Waals surface area (Å²) in [6, 6.07) is 51.1. The summed E-state index contributed by atoms with van der Waals surface area (Å²) >= 11 is 0. The molecule has 214 valence electrons. The van der Waals surface area contributed by atoms with Crippen molar-refractivity contribution in [1.82, 2.24) is 4.57 Å². The van der Waals surface area contributed by atoms with Crippen molar-refractivity contribution in [3.63, 3.8) is 0 Å². The first-order chi connectivity index (χ1) is 22.3. The number of anilines is 1. The van der Waals surface area contributed by atoms with Crippen molar-refractivity contribution in [2.45, 2.75) is 18.4 Å². The van der Waals surface area contributed by atoms with Crippen LogP contribution in [0.5, 0.6) is 0 Å². The van der Waals surface area contributed by atoms with Gasteiger partial charge in [-0.15, -0.1) is 0 Å². The molecule has 0 fully saturated rings. The number of hydrogen-bond donors (Lipinski definition) is 1. The fraction of sp³-hybridized carbons (Fsp3) is 0.0698. The summed E-state index contributed by atoms with van der Waals surface area (Å²) in [6.45, 7) is 0. The first-order valence-electron chi connectivity index (χ1n) is 15.8. The summed E-state index contributed by atoms with van der Waals surface area (Å²) in [5.74, 6) is 0.243. The van der Waals surface area contributed by atoms with Crippen molar-refractivity contribution in [3.8, 4) is 27.9 Å². The van der Waals surface area contributed by atoms with Gasteiger partial charge in [-0.1, -0.05) is 109 Å². The molecule has 1 heterocycles. The quantitative estimate of drug-likeness (QED) is 0.216. The number of rotatable bonds is 5. The molecule has 1 unspecified atom stereocenters. The van der Waals surface area contributed by atoms with Gasteiger partial charge in [0.1, 0.15) is 0 Å². The Hall–Kier alpha value is -5.60. The van der Waals surface area contributed by atoms with Crippen LogP contribution in [0.25, 0.3) is 49.7 Å². The normalized spacial score (nSPS) is 15.4. The zero-order valence-corrected chi connectivity index (χ0v) is 24.9. The van der Waals surface area contributed by atoms with E-state index < -0.39 is 0 Å². The average molecular weight is 577 g/mol. The van der Waals surface area contributed by atoms with Crippen LogP contribution in [0.3, 0.4) is 0 Å². The van der Waals surface area contributed by atoms with Gasteiger partial charge in [-0.05, 0) is 100.0 Å². The van der Waals surface area contributed by atoms with Crippen molar-refractivity contribution < 1.29 is 0 Å². The van der Waals surface area contributed by atoms with Crippen molar-refractivity contribution in [1.29, 1.82) is 0 Å². The van der Waals surface area contributed by atoms with Gasteiger partial charge in [0.15, 0.2) is 0 Å². The summed E-state index contributed by atoms with van der Waals surface area (Å²) in [5.41, 5.74) is 14.1. The van der Waals surface area contributed by atoms with Crippen LogP contribution in [0.4, 0.5) is 5.69 Å². The Bertz CT molecular complexity index is 2260. The molecule has 6 aromatic carbocycles. The summed E-state index contributed by atoms with van der Waals surface area (Å²) in [4.78, 5) is 0. The summed E-state index contributed by atoms with van der Waals surface area (Å²) < 4.78 is 2.39. The predicted molar refractivity (Wildman–Crippen MR) is 189 cm³/mol. The second kappa shape index (κ2) is 10.5. The van der Waals surface area contributed by atoms with Crippen LogP contribution in [0.1, 0.15) is 28.7 Å². The van der Waals surface area contributed by atoms with E-state index in [1.165, 1.54) is 66.4 Å². The molecule has 2 nitrogen and oxygen atoms in total. The van der Waals surface area contributed by atoms with Gasteiger partial charge in [-0.3, -0.25) is 0 Å². The first-order valence-corrected chi connectivity index (χ1v) is 15.8. The van der Waals surface area contributed by atoms with Crippen LogP contribution in [0, 0.1) is 0 Å². The highest BCUT2D eigenvalue weighted by molar-refractivity contribution is 6.10. The smallest absolute Gasteiger partial charge is 0.0563 e. The molecule has 45 heavy (non-hydrogen) atoms. The van der Waals surface area contributed by atoms with Gasteiger partial charge in [0.05, 0.1) is 17.1 Å². The summed E-state index contributed by atoms with van der Waals surface area (Å²) in [5, 5.41) is 6.46. The lowest BCUT2D eigenvalue weighted by Gasteiger charge is -2.33. The van der Waals surface area contributed by atoms with E-state index in [0.717, 1.165) is 12.1 Å². The van der Waals surface area contributed by atoms with Gasteiger partial charge >= 0.3 is 0 Å². The fourth-order valence-corrected chi connectivity index (χ4v) is 7.52. The van der Waals surface area contributed by atoms with Crippen LogP contribution < -0.4 is 5.32 Å². The monoisotopic (exact) mass is 576 g/mol. The Balaban J connectivity index is 1.27. The molecule has 2 aliphatic carbocycles. The van der Waals surface area contributed by atoms with E-state index in [0.29, 0.717) is 0 Å². The highest BCUT2D eigenvalue weighted by atomic mass is 15.0. The molecule has 1 atom stereocenters. The van der Waals surface area contributed by atoms with Crippen LogP contribution in [0.15, 0.2) is 164 Å². The third-order valence-corrected chi connectivity index (χ3v) is 9.53. The number of fused-ring (bicyclic) bond motifs is 6. The lowest BCUT2D eigenvalue weighted by Crippen LogP contribution is -2.21. The molecule has 0 aliphatic heterocycles. The lowest BCUT2D eigenvalue weighted by molar-refractivity contribution is 0.751. The van der Waals surface area contributed by atoms with Crippen LogP contribution in [0.2, 0.25) is 0 Å². The lowest BCUT2D eigenvalue weighted by atomic mass is 9.76. The summed E-state index contributed by atoms with van der Waals surface area (Å²) in [7, 11) is 0. The third-order valence-electron chi connectivity index (χ3n) is 9.53. The Morgan fingerprint density at radius 1 is 0.556 bits per heavy atom. The zero-order valence-electron chi connectivity index (χ0n) is 24.9. The molecule has 2 aliphatic rings. The standard InChI is InChI=1S/C43H32N2/c1-3-16-33(17-4-1)44-40-28-31-15-9-10-20-35(31)39-27-32(26-37(43(39)40)29-13-7-8-14-29)30-23-24-42-38(25-30)36-21-11-12-22-41(36)45(42)34-18-5-2-6-19-34/h1-27,29,40,44H,28H2. The van der Waals surface area contributed by atoms with Crippen molar-refractivity contribution in [2.75, 3.05) is 5.32 Å². The van der Waals surface area contributed by atoms with Gasteiger partial charge in [0.25, 0.3) is 0 Å². The van der Waals surface area contributed by atoms with Crippen molar-refractivity contribution in [3.05, 3.63) is 181 Å². The highest BCUT2D eigenvalue weighted by Gasteiger charge is 2.30. The number of hydrogen-bond acceptors (Lipinski definition) is 1. The molecule has 9 rings (SSSR count). The maximum absolute atomic E-state index is 3.91. The van der Waals surface area contributed by atoms with Gasteiger partial charge < -0.3 is 9.88 Å². The average Bonchev–Trinajstić information content (AvgIpc) is 3.75. The third kappa shape index (κ3) is 4.33. The van der Waals surface area contributed by atoms with E-state index in [2.05, 4.69) is 174 Å². The van der Waals surface area contributed by atoms with Crippen LogP contribution in [-0.2, 0) is 6.42 Å². The Kier molecular flexibility index (Phi) is 6.05. The number of nitrogens with one attached hydrogen (secondary N) is 1. The van der Waals surface area contributed by atoms with E-state index in [4.69, 9.17) is 0 Å². The minimum absolute atomic E-state index is 0.176. The largest absolute Gasteiger partial charge is 0.378 e. The van der Waals surface area contributed by atoms with Gasteiger partial charge in [0, 0.05) is 28.1 Å². The molecule has 0 amide bonds. The Labute approximate surface area is 263 Å². The summed E-state index contributed by atoms with van der Waals surface area (Å²) in [6.07, 6.45) is 9.98.